The van der Waals surface area contributed by atoms with Gasteiger partial charge in [-0.1, -0.05) is 37.3 Å². The summed E-state index contributed by atoms with van der Waals surface area (Å²) in [6, 6.07) is 18.6. The average Bonchev–Trinajstić information content (AvgIpc) is 2.80. The van der Waals surface area contributed by atoms with Crippen molar-refractivity contribution in [3.63, 3.8) is 0 Å². The molecule has 3 aromatic rings. The molecule has 1 aliphatic heterocycles. The molecule has 0 aliphatic carbocycles. The Morgan fingerprint density at radius 1 is 0.931 bits per heavy atom. The Morgan fingerprint density at radius 2 is 1.66 bits per heavy atom. The molecule has 0 amide bonds. The van der Waals surface area contributed by atoms with E-state index in [4.69, 9.17) is 4.74 Å². The monoisotopic (exact) mass is 389 g/mol. The van der Waals surface area contributed by atoms with Gasteiger partial charge in [-0.3, -0.25) is 0 Å². The van der Waals surface area contributed by atoms with E-state index in [0.29, 0.717) is 0 Å². The van der Waals surface area contributed by atoms with Crippen LogP contribution >= 0.6 is 0 Å². The van der Waals surface area contributed by atoms with Crippen LogP contribution in [-0.4, -0.2) is 43.3 Å². The van der Waals surface area contributed by atoms with E-state index in [1.54, 1.807) is 13.4 Å². The molecule has 6 nitrogen and oxygen atoms in total. The fraction of sp³-hybridized carbons (Fsp3) is 0.304. The number of aromatic nitrogens is 2. The van der Waals surface area contributed by atoms with E-state index >= 15 is 0 Å². The number of ether oxygens (including phenoxy) is 1. The second-order valence-electron chi connectivity index (χ2n) is 7.04. The van der Waals surface area contributed by atoms with Gasteiger partial charge in [0.25, 0.3) is 0 Å². The van der Waals surface area contributed by atoms with Gasteiger partial charge in [0.15, 0.2) is 0 Å². The SMILES string of the molecule is CCc1ccccc1Nc1cc(N2CCN(c3ccccc3OC)CC2)ncn1. The molecular formula is C23H27N5O. The Hall–Kier alpha value is -3.28. The van der Waals surface area contributed by atoms with Gasteiger partial charge in [0.05, 0.1) is 12.8 Å². The van der Waals surface area contributed by atoms with Gasteiger partial charge in [0.1, 0.15) is 23.7 Å². The van der Waals surface area contributed by atoms with Crippen LogP contribution in [0.25, 0.3) is 0 Å². The molecule has 2 aromatic carbocycles. The summed E-state index contributed by atoms with van der Waals surface area (Å²) < 4.78 is 5.52. The van der Waals surface area contributed by atoms with Crippen LogP contribution in [0.5, 0.6) is 5.75 Å². The lowest BCUT2D eigenvalue weighted by Crippen LogP contribution is -2.47. The second-order valence-corrected chi connectivity index (χ2v) is 7.04. The van der Waals surface area contributed by atoms with Crippen molar-refractivity contribution in [2.75, 3.05) is 48.4 Å². The van der Waals surface area contributed by atoms with Gasteiger partial charge in [-0.2, -0.15) is 0 Å². The van der Waals surface area contributed by atoms with Crippen molar-refractivity contribution < 1.29 is 4.74 Å². The molecule has 0 bridgehead atoms. The van der Waals surface area contributed by atoms with Gasteiger partial charge in [-0.05, 0) is 30.2 Å². The lowest BCUT2D eigenvalue weighted by Gasteiger charge is -2.37. The summed E-state index contributed by atoms with van der Waals surface area (Å²) in [5.74, 6) is 2.70. The van der Waals surface area contributed by atoms with Crippen molar-refractivity contribution in [3.05, 3.63) is 66.5 Å². The van der Waals surface area contributed by atoms with Gasteiger partial charge in [0, 0.05) is 37.9 Å². The third-order valence-corrected chi connectivity index (χ3v) is 5.34. The maximum Gasteiger partial charge on any atom is 0.142 e. The van der Waals surface area contributed by atoms with Crippen LogP contribution in [0.15, 0.2) is 60.9 Å². The first-order valence-electron chi connectivity index (χ1n) is 10.1. The van der Waals surface area contributed by atoms with Crippen molar-refractivity contribution >= 4 is 23.0 Å². The minimum Gasteiger partial charge on any atom is -0.495 e. The first-order valence-corrected chi connectivity index (χ1v) is 10.1. The van der Waals surface area contributed by atoms with Gasteiger partial charge in [-0.25, -0.2) is 9.97 Å². The molecule has 0 radical (unpaired) electrons. The number of nitrogens with zero attached hydrogens (tertiary/aromatic N) is 4. The maximum absolute atomic E-state index is 5.52. The lowest BCUT2D eigenvalue weighted by molar-refractivity contribution is 0.413. The van der Waals surface area contributed by atoms with Crippen LogP contribution in [0.4, 0.5) is 23.0 Å². The van der Waals surface area contributed by atoms with E-state index in [1.807, 2.05) is 24.3 Å². The molecule has 2 heterocycles. The largest absolute Gasteiger partial charge is 0.495 e. The molecule has 1 saturated heterocycles. The number of aryl methyl sites for hydroxylation is 1. The van der Waals surface area contributed by atoms with Crippen molar-refractivity contribution in [3.8, 4) is 5.75 Å². The number of nitrogens with one attached hydrogen (secondary N) is 1. The summed E-state index contributed by atoms with van der Waals surface area (Å²) in [4.78, 5) is 13.6. The summed E-state index contributed by atoms with van der Waals surface area (Å²) in [6.07, 6.45) is 2.62. The number of rotatable bonds is 6. The molecular weight excluding hydrogens is 362 g/mol. The molecule has 1 aromatic heterocycles. The number of hydrogen-bond acceptors (Lipinski definition) is 6. The predicted molar refractivity (Wildman–Crippen MR) is 119 cm³/mol. The molecule has 6 heteroatoms. The van der Waals surface area contributed by atoms with Crippen LogP contribution in [0.1, 0.15) is 12.5 Å². The quantitative estimate of drug-likeness (QED) is 0.685. The molecule has 0 unspecified atom stereocenters. The number of piperazine rings is 1. The van der Waals surface area contributed by atoms with E-state index in [-0.39, 0.29) is 0 Å². The number of hydrogen-bond donors (Lipinski definition) is 1. The molecule has 4 rings (SSSR count). The summed E-state index contributed by atoms with van der Waals surface area (Å²) in [7, 11) is 1.72. The zero-order valence-corrected chi connectivity index (χ0v) is 17.0. The van der Waals surface area contributed by atoms with E-state index in [0.717, 1.165) is 61.4 Å². The molecule has 1 fully saturated rings. The van der Waals surface area contributed by atoms with E-state index in [1.165, 1.54) is 5.56 Å². The normalized spacial score (nSPS) is 14.0. The van der Waals surface area contributed by atoms with Crippen molar-refractivity contribution in [1.82, 2.24) is 9.97 Å². The summed E-state index contributed by atoms with van der Waals surface area (Å²) in [5.41, 5.74) is 3.52. The highest BCUT2D eigenvalue weighted by Gasteiger charge is 2.20. The minimum atomic E-state index is 0.822. The first-order chi connectivity index (χ1) is 14.3. The predicted octanol–water partition coefficient (Wildman–Crippen LogP) is 4.12. The van der Waals surface area contributed by atoms with Crippen LogP contribution in [0.3, 0.4) is 0 Å². The van der Waals surface area contributed by atoms with E-state index in [9.17, 15) is 0 Å². The lowest BCUT2D eigenvalue weighted by atomic mass is 10.1. The molecule has 0 saturated carbocycles. The Labute approximate surface area is 172 Å². The van der Waals surface area contributed by atoms with Gasteiger partial charge in [-0.15, -0.1) is 0 Å². The third-order valence-electron chi connectivity index (χ3n) is 5.34. The molecule has 1 aliphatic rings. The van der Waals surface area contributed by atoms with E-state index < -0.39 is 0 Å². The van der Waals surface area contributed by atoms with Crippen LogP contribution in [0.2, 0.25) is 0 Å². The summed E-state index contributed by atoms with van der Waals surface area (Å²) in [6.45, 7) is 5.81. The number of anilines is 4. The standard InChI is InChI=1S/C23H27N5O/c1-3-18-8-4-5-9-19(18)26-22-16-23(25-17-24-22)28-14-12-27(13-15-28)20-10-6-7-11-21(20)29-2/h4-11,16-17H,3,12-15H2,1-2H3,(H,24,25,26). The Morgan fingerprint density at radius 3 is 2.45 bits per heavy atom. The zero-order chi connectivity index (χ0) is 20.1. The highest BCUT2D eigenvalue weighted by molar-refractivity contribution is 5.63. The van der Waals surface area contributed by atoms with Crippen molar-refractivity contribution in [2.45, 2.75) is 13.3 Å². The molecule has 0 atom stereocenters. The smallest absolute Gasteiger partial charge is 0.142 e. The zero-order valence-electron chi connectivity index (χ0n) is 17.0. The molecule has 29 heavy (non-hydrogen) atoms. The van der Waals surface area contributed by atoms with Gasteiger partial charge < -0.3 is 19.9 Å². The number of methoxy groups -OCH3 is 1. The number of benzene rings is 2. The maximum atomic E-state index is 5.52. The van der Waals surface area contributed by atoms with Gasteiger partial charge in [0.2, 0.25) is 0 Å². The Kier molecular flexibility index (Phi) is 5.79. The third kappa shape index (κ3) is 4.26. The fourth-order valence-corrected chi connectivity index (χ4v) is 3.74. The highest BCUT2D eigenvalue weighted by atomic mass is 16.5. The van der Waals surface area contributed by atoms with E-state index in [2.05, 4.69) is 62.3 Å². The van der Waals surface area contributed by atoms with Crippen molar-refractivity contribution in [1.29, 1.82) is 0 Å². The summed E-state index contributed by atoms with van der Waals surface area (Å²) in [5, 5.41) is 3.45. The van der Waals surface area contributed by atoms with Crippen LogP contribution < -0.4 is 19.9 Å². The summed E-state index contributed by atoms with van der Waals surface area (Å²) >= 11 is 0. The topological polar surface area (TPSA) is 53.5 Å². The molecule has 150 valence electrons. The molecule has 1 N–H and O–H groups in total. The van der Waals surface area contributed by atoms with Crippen molar-refractivity contribution in [2.24, 2.45) is 0 Å². The second kappa shape index (κ2) is 8.82. The molecule has 0 spiro atoms. The van der Waals surface area contributed by atoms with Crippen LogP contribution in [0, 0.1) is 0 Å². The highest BCUT2D eigenvalue weighted by Crippen LogP contribution is 2.29. The van der Waals surface area contributed by atoms with Crippen LogP contribution in [-0.2, 0) is 6.42 Å². The minimum absolute atomic E-state index is 0.822. The average molecular weight is 390 g/mol. The fourth-order valence-electron chi connectivity index (χ4n) is 3.74. The Balaban J connectivity index is 1.45. The number of para-hydroxylation sites is 3. The first kappa shape index (κ1) is 19.1. The van der Waals surface area contributed by atoms with Gasteiger partial charge >= 0.3 is 0 Å². The Bertz CT molecular complexity index is 953.